The van der Waals surface area contributed by atoms with Crippen molar-refractivity contribution in [3.05, 3.63) is 70.9 Å². The average Bonchev–Trinajstić information content (AvgIpc) is 2.85. The van der Waals surface area contributed by atoms with Crippen molar-refractivity contribution in [3.63, 3.8) is 0 Å². The Kier molecular flexibility index (Phi) is 10.1. The molecule has 0 aliphatic rings. The Morgan fingerprint density at radius 3 is 2.59 bits per heavy atom. The number of aliphatic hydroxyl groups is 1. The molecule has 3 rings (SSSR count). The lowest BCUT2D eigenvalue weighted by Crippen LogP contribution is -2.49. The normalized spacial score (nSPS) is 12.4. The van der Waals surface area contributed by atoms with Crippen LogP contribution < -0.4 is 5.32 Å². The molecule has 0 bridgehead atoms. The highest BCUT2D eigenvalue weighted by Crippen LogP contribution is 2.23. The number of rotatable bonds is 11. The summed E-state index contributed by atoms with van der Waals surface area (Å²) < 4.78 is 59.5. The number of hydrogen-bond acceptors (Lipinski definition) is 5. The summed E-state index contributed by atoms with van der Waals surface area (Å²) in [6, 6.07) is 8.47. The van der Waals surface area contributed by atoms with Gasteiger partial charge < -0.3 is 14.7 Å². The Labute approximate surface area is 227 Å². The second-order valence-electron chi connectivity index (χ2n) is 9.60. The van der Waals surface area contributed by atoms with Crippen LogP contribution in [-0.4, -0.2) is 58.2 Å². The predicted octanol–water partition coefficient (Wildman–Crippen LogP) is 5.97. The molecule has 0 aliphatic heterocycles. The van der Waals surface area contributed by atoms with Gasteiger partial charge in [0.1, 0.15) is 24.1 Å². The summed E-state index contributed by atoms with van der Waals surface area (Å²) in [5.41, 5.74) is -1.07. The van der Waals surface area contributed by atoms with Crippen molar-refractivity contribution < 1.29 is 37.0 Å². The molecule has 12 heteroatoms. The first-order valence-corrected chi connectivity index (χ1v) is 12.4. The van der Waals surface area contributed by atoms with E-state index in [0.717, 1.165) is 11.0 Å². The van der Waals surface area contributed by atoms with E-state index in [-0.39, 0.29) is 30.1 Å². The molecular weight excluding hydrogens is 542 g/mol. The van der Waals surface area contributed by atoms with E-state index in [1.165, 1.54) is 56.4 Å². The summed E-state index contributed by atoms with van der Waals surface area (Å²) in [4.78, 5) is 30.4. The Morgan fingerprint density at radius 2 is 1.90 bits per heavy atom. The van der Waals surface area contributed by atoms with E-state index in [9.17, 15) is 32.3 Å². The maximum atomic E-state index is 13.7. The number of nitrogens with one attached hydrogen (secondary N) is 1. The average molecular weight is 570 g/mol. The summed E-state index contributed by atoms with van der Waals surface area (Å²) in [5, 5.41) is 13.7. The minimum Gasteiger partial charge on any atom is -0.447 e. The lowest BCUT2D eigenvalue weighted by atomic mass is 9.97. The summed E-state index contributed by atoms with van der Waals surface area (Å²) in [6.07, 6.45) is -2.95. The van der Waals surface area contributed by atoms with Crippen LogP contribution in [0.15, 0.2) is 48.7 Å². The molecule has 2 N–H and O–H groups in total. The number of fused-ring (bicyclic) bond motifs is 1. The highest BCUT2D eigenvalue weighted by atomic mass is 35.5. The zero-order chi connectivity index (χ0) is 28.7. The molecule has 1 heterocycles. The smallest absolute Gasteiger partial charge is 0.412 e. The van der Waals surface area contributed by atoms with Crippen LogP contribution in [0, 0.1) is 11.6 Å². The molecule has 0 fully saturated rings. The fourth-order valence-corrected chi connectivity index (χ4v) is 4.28. The van der Waals surface area contributed by atoms with Gasteiger partial charge in [-0.3, -0.25) is 10.1 Å². The van der Waals surface area contributed by atoms with Crippen molar-refractivity contribution in [1.29, 1.82) is 0 Å². The van der Waals surface area contributed by atoms with Crippen molar-refractivity contribution in [2.24, 2.45) is 0 Å². The van der Waals surface area contributed by atoms with Gasteiger partial charge in [0.15, 0.2) is 0 Å². The molecule has 7 nitrogen and oxygen atoms in total. The van der Waals surface area contributed by atoms with E-state index < -0.39 is 54.9 Å². The molecular formula is C27H28ClF4N3O4. The number of carbonyl (C=O) groups excluding carboxylic acids is 2. The number of hydrogen-bond donors (Lipinski definition) is 2. The quantitative estimate of drug-likeness (QED) is 0.278. The Morgan fingerprint density at radius 1 is 1.15 bits per heavy atom. The second kappa shape index (κ2) is 13.1. The maximum Gasteiger partial charge on any atom is 0.412 e. The number of aryl methyl sites for hydroxylation is 1. The number of aromatic nitrogens is 1. The molecule has 1 aromatic heterocycles. The van der Waals surface area contributed by atoms with Crippen LogP contribution in [0.3, 0.4) is 0 Å². The van der Waals surface area contributed by atoms with Gasteiger partial charge in [-0.2, -0.15) is 0 Å². The van der Waals surface area contributed by atoms with Gasteiger partial charge >= 0.3 is 6.09 Å². The zero-order valence-electron chi connectivity index (χ0n) is 21.3. The largest absolute Gasteiger partial charge is 0.447 e. The number of anilines is 1. The Balaban J connectivity index is 1.72. The number of pyridine rings is 1. The number of amides is 2. The topological polar surface area (TPSA) is 91.8 Å². The van der Waals surface area contributed by atoms with Gasteiger partial charge in [-0.05, 0) is 68.0 Å². The van der Waals surface area contributed by atoms with Crippen LogP contribution in [-0.2, 0) is 16.0 Å². The number of alkyl halides is 2. The molecule has 0 spiro atoms. The monoisotopic (exact) mass is 569 g/mol. The molecule has 2 aromatic carbocycles. The van der Waals surface area contributed by atoms with Crippen LogP contribution in [0.2, 0.25) is 5.02 Å². The molecule has 0 unspecified atom stereocenters. The molecule has 210 valence electrons. The lowest BCUT2D eigenvalue weighted by molar-refractivity contribution is -0.138. The van der Waals surface area contributed by atoms with Crippen LogP contribution >= 0.6 is 11.6 Å². The van der Waals surface area contributed by atoms with Gasteiger partial charge in [-0.15, -0.1) is 0 Å². The molecule has 3 aromatic rings. The van der Waals surface area contributed by atoms with Crippen LogP contribution in [0.25, 0.3) is 10.8 Å². The summed E-state index contributed by atoms with van der Waals surface area (Å²) in [7, 11) is 0. The molecule has 0 radical (unpaired) electrons. The highest BCUT2D eigenvalue weighted by molar-refractivity contribution is 6.31. The van der Waals surface area contributed by atoms with E-state index in [0.29, 0.717) is 16.3 Å². The fourth-order valence-electron chi connectivity index (χ4n) is 4.06. The third-order valence-electron chi connectivity index (χ3n) is 5.79. The molecule has 39 heavy (non-hydrogen) atoms. The van der Waals surface area contributed by atoms with E-state index in [1.54, 1.807) is 0 Å². The Bertz CT molecular complexity index is 1320. The van der Waals surface area contributed by atoms with Gasteiger partial charge in [0.25, 0.3) is 6.43 Å². The van der Waals surface area contributed by atoms with Crippen LogP contribution in [0.1, 0.15) is 32.3 Å². The van der Waals surface area contributed by atoms with E-state index in [4.69, 9.17) is 16.3 Å². The SMILES string of the molecule is CC(C)(O)C[C@@H](COC(=O)Nc1cc2cc(F)ccc2cn1)N(CC(F)F)C(=O)CCc1cccc(F)c1Cl. The summed E-state index contributed by atoms with van der Waals surface area (Å²) in [5.74, 6) is -1.80. The number of ether oxygens (including phenoxy) is 1. The summed E-state index contributed by atoms with van der Waals surface area (Å²) >= 11 is 5.94. The number of benzene rings is 2. The van der Waals surface area contributed by atoms with Crippen LogP contribution in [0.4, 0.5) is 28.2 Å². The molecule has 0 saturated carbocycles. The van der Waals surface area contributed by atoms with Gasteiger partial charge in [0, 0.05) is 18.0 Å². The van der Waals surface area contributed by atoms with Gasteiger partial charge in [0.2, 0.25) is 5.91 Å². The lowest BCUT2D eigenvalue weighted by Gasteiger charge is -2.34. The predicted molar refractivity (Wildman–Crippen MR) is 139 cm³/mol. The van der Waals surface area contributed by atoms with Crippen molar-refractivity contribution >= 4 is 40.2 Å². The van der Waals surface area contributed by atoms with Crippen molar-refractivity contribution in [1.82, 2.24) is 9.88 Å². The third kappa shape index (κ3) is 9.07. The van der Waals surface area contributed by atoms with Gasteiger partial charge in [-0.25, -0.2) is 27.3 Å². The molecule has 1 atom stereocenters. The third-order valence-corrected chi connectivity index (χ3v) is 6.21. The van der Waals surface area contributed by atoms with E-state index >= 15 is 0 Å². The van der Waals surface area contributed by atoms with Crippen molar-refractivity contribution in [3.8, 4) is 0 Å². The minimum atomic E-state index is -2.91. The van der Waals surface area contributed by atoms with Gasteiger partial charge in [0.05, 0.1) is 23.2 Å². The minimum absolute atomic E-state index is 0.0139. The van der Waals surface area contributed by atoms with Gasteiger partial charge in [-0.1, -0.05) is 23.7 Å². The number of nitrogens with zero attached hydrogens (tertiary/aromatic N) is 2. The second-order valence-corrected chi connectivity index (χ2v) is 9.98. The number of halogens is 5. The van der Waals surface area contributed by atoms with Crippen LogP contribution in [0.5, 0.6) is 0 Å². The molecule has 0 aliphatic carbocycles. The molecule has 0 saturated heterocycles. The number of carbonyl (C=O) groups is 2. The Hall–Kier alpha value is -3.44. The first kappa shape index (κ1) is 30.1. The fraction of sp³-hybridized carbons (Fsp3) is 0.370. The highest BCUT2D eigenvalue weighted by Gasteiger charge is 2.32. The van der Waals surface area contributed by atoms with Crippen molar-refractivity contribution in [2.75, 3.05) is 18.5 Å². The summed E-state index contributed by atoms with van der Waals surface area (Å²) in [6.45, 7) is 1.36. The standard InChI is InChI=1S/C27H28ClF4N3O4/c1-27(2,38)12-20(15-39-26(37)34-23-11-18-10-19(29)8-6-17(18)13-33-23)35(14-22(31)32)24(36)9-7-16-4-3-5-21(30)25(16)28/h3-6,8,10-11,13,20,22,38H,7,9,12,14-15H2,1-2H3,(H,33,34,37)/t20-/m0/s1. The van der Waals surface area contributed by atoms with E-state index in [1.807, 2.05) is 0 Å². The first-order chi connectivity index (χ1) is 18.3. The van der Waals surface area contributed by atoms with Crippen molar-refractivity contribution in [2.45, 2.75) is 51.2 Å². The zero-order valence-corrected chi connectivity index (χ0v) is 22.0. The maximum absolute atomic E-state index is 13.7. The van der Waals surface area contributed by atoms with E-state index in [2.05, 4.69) is 10.3 Å². The molecule has 2 amide bonds. The first-order valence-electron chi connectivity index (χ1n) is 12.0.